The summed E-state index contributed by atoms with van der Waals surface area (Å²) < 4.78 is 20.3. The van der Waals surface area contributed by atoms with Crippen LogP contribution in [0.1, 0.15) is 107 Å². The number of amides is 1. The van der Waals surface area contributed by atoms with Crippen molar-refractivity contribution in [1.82, 2.24) is 4.90 Å². The lowest BCUT2D eigenvalue weighted by Gasteiger charge is -2.18. The Kier molecular flexibility index (Phi) is 13.6. The lowest BCUT2D eigenvalue weighted by atomic mass is 10.1. The Hall–Kier alpha value is -2.47. The van der Waals surface area contributed by atoms with E-state index in [1.165, 1.54) is 75.2 Å². The van der Waals surface area contributed by atoms with E-state index in [-0.39, 0.29) is 17.2 Å². The van der Waals surface area contributed by atoms with E-state index in [0.29, 0.717) is 13.2 Å². The van der Waals surface area contributed by atoms with Gasteiger partial charge in [-0.05, 0) is 48.1 Å². The number of nitrogens with zero attached hydrogens (tertiary/aromatic N) is 1. The molecule has 0 aliphatic carbocycles. The molecule has 4 nitrogen and oxygen atoms in total. The number of para-hydroxylation sites is 1. The van der Waals surface area contributed by atoms with E-state index in [0.717, 1.165) is 30.0 Å². The van der Waals surface area contributed by atoms with Gasteiger partial charge in [0.05, 0.1) is 12.5 Å². The maximum atomic E-state index is 14.7. The highest BCUT2D eigenvalue weighted by atomic mass is 32.2. The van der Waals surface area contributed by atoms with Crippen molar-refractivity contribution in [2.45, 2.75) is 97.4 Å². The number of nitrogens with one attached hydrogen (secondary N) is 1. The Bertz CT molecular complexity index is 1030. The summed E-state index contributed by atoms with van der Waals surface area (Å²) in [6.45, 7) is 5.56. The largest absolute Gasteiger partial charge is 0.491 e. The molecule has 3 rings (SSSR count). The molecule has 1 N–H and O–H groups in total. The fourth-order valence-electron chi connectivity index (χ4n) is 4.69. The van der Waals surface area contributed by atoms with Crippen LogP contribution in [0.3, 0.4) is 0 Å². The third-order valence-electron chi connectivity index (χ3n) is 6.91. The topological polar surface area (TPSA) is 41.6 Å². The van der Waals surface area contributed by atoms with Gasteiger partial charge in [0.1, 0.15) is 0 Å². The minimum absolute atomic E-state index is 0.207. The van der Waals surface area contributed by atoms with Gasteiger partial charge in [-0.15, -0.1) is 11.8 Å². The van der Waals surface area contributed by atoms with Crippen molar-refractivity contribution in [2.24, 2.45) is 0 Å². The molecule has 0 fully saturated rings. The molecule has 2 aromatic carbocycles. The van der Waals surface area contributed by atoms with Gasteiger partial charge in [0.2, 0.25) is 0 Å². The standard InChI is InChI=1S/C32H45FN2O2S/c1-3-4-5-6-7-8-9-10-11-12-13-16-21-37-31-20-19-27(22-29(31)33)32(36)34-30-18-15-14-17-28(30)24-35-23-26(2)38-25-35/h14-15,17-20,22-23H,3-13,16,21,24-25H2,1-2H3,(H,34,36). The van der Waals surface area contributed by atoms with Gasteiger partial charge >= 0.3 is 0 Å². The molecule has 0 unspecified atom stereocenters. The van der Waals surface area contributed by atoms with Crippen LogP contribution >= 0.6 is 11.8 Å². The van der Waals surface area contributed by atoms with E-state index >= 15 is 0 Å². The molecule has 0 aromatic heterocycles. The molecular weight excluding hydrogens is 495 g/mol. The fourth-order valence-corrected chi connectivity index (χ4v) is 5.44. The summed E-state index contributed by atoms with van der Waals surface area (Å²) in [6.07, 6.45) is 17.5. The molecule has 38 heavy (non-hydrogen) atoms. The van der Waals surface area contributed by atoms with Crippen molar-refractivity contribution in [3.8, 4) is 5.75 Å². The lowest BCUT2D eigenvalue weighted by Crippen LogP contribution is -2.17. The number of hydrogen-bond acceptors (Lipinski definition) is 4. The van der Waals surface area contributed by atoms with Crippen molar-refractivity contribution in [3.05, 3.63) is 70.5 Å². The van der Waals surface area contributed by atoms with Gasteiger partial charge in [-0.1, -0.05) is 95.8 Å². The van der Waals surface area contributed by atoms with Crippen LogP contribution in [0, 0.1) is 5.82 Å². The van der Waals surface area contributed by atoms with Crippen LogP contribution in [-0.2, 0) is 6.54 Å². The first-order valence-corrected chi connectivity index (χ1v) is 15.4. The lowest BCUT2D eigenvalue weighted by molar-refractivity contribution is 0.102. The van der Waals surface area contributed by atoms with Gasteiger partial charge in [0, 0.05) is 24.0 Å². The van der Waals surface area contributed by atoms with E-state index in [9.17, 15) is 9.18 Å². The summed E-state index contributed by atoms with van der Waals surface area (Å²) in [5, 5.41) is 2.95. The zero-order chi connectivity index (χ0) is 27.0. The SMILES string of the molecule is CCCCCCCCCCCCCCOc1ccc(C(=O)Nc2ccccc2CN2C=C(C)SC2)cc1F. The van der Waals surface area contributed by atoms with Gasteiger partial charge in [-0.3, -0.25) is 4.79 Å². The molecule has 0 saturated heterocycles. The molecule has 6 heteroatoms. The second-order valence-corrected chi connectivity index (χ2v) is 11.4. The highest BCUT2D eigenvalue weighted by molar-refractivity contribution is 8.03. The van der Waals surface area contributed by atoms with Crippen molar-refractivity contribution >= 4 is 23.4 Å². The highest BCUT2D eigenvalue weighted by Gasteiger charge is 2.15. The van der Waals surface area contributed by atoms with Crippen LogP contribution in [-0.4, -0.2) is 23.3 Å². The highest BCUT2D eigenvalue weighted by Crippen LogP contribution is 2.28. The summed E-state index contributed by atoms with van der Waals surface area (Å²) in [5.41, 5.74) is 2.05. The Balaban J connectivity index is 1.34. The molecule has 1 heterocycles. The zero-order valence-electron chi connectivity index (χ0n) is 23.3. The number of anilines is 1. The van der Waals surface area contributed by atoms with Crippen LogP contribution in [0.15, 0.2) is 53.6 Å². The molecule has 1 aliphatic heterocycles. The number of carbonyl (C=O) groups is 1. The van der Waals surface area contributed by atoms with Gasteiger partial charge in [0.15, 0.2) is 11.6 Å². The second-order valence-electron chi connectivity index (χ2n) is 10.3. The maximum absolute atomic E-state index is 14.7. The number of unbranched alkanes of at least 4 members (excludes halogenated alkanes) is 11. The molecule has 0 saturated carbocycles. The molecule has 2 aromatic rings. The number of thioether (sulfide) groups is 1. The Morgan fingerprint density at radius 3 is 2.24 bits per heavy atom. The van der Waals surface area contributed by atoms with Gasteiger partial charge in [-0.2, -0.15) is 0 Å². The third-order valence-corrected chi connectivity index (χ3v) is 7.93. The predicted octanol–water partition coefficient (Wildman–Crippen LogP) is 9.53. The summed E-state index contributed by atoms with van der Waals surface area (Å²) in [5.74, 6) is 0.282. The Labute approximate surface area is 233 Å². The molecule has 0 atom stereocenters. The quantitative estimate of drug-likeness (QED) is 0.191. The van der Waals surface area contributed by atoms with Crippen molar-refractivity contribution in [1.29, 1.82) is 0 Å². The summed E-state index contributed by atoms with van der Waals surface area (Å²) >= 11 is 1.81. The Morgan fingerprint density at radius 1 is 0.947 bits per heavy atom. The Morgan fingerprint density at radius 2 is 1.61 bits per heavy atom. The van der Waals surface area contributed by atoms with Crippen molar-refractivity contribution in [3.63, 3.8) is 0 Å². The van der Waals surface area contributed by atoms with Gasteiger partial charge in [-0.25, -0.2) is 4.39 Å². The third kappa shape index (κ3) is 10.7. The van der Waals surface area contributed by atoms with Crippen LogP contribution in [0.5, 0.6) is 5.75 Å². The van der Waals surface area contributed by atoms with Gasteiger partial charge < -0.3 is 15.0 Å². The summed E-state index contributed by atoms with van der Waals surface area (Å²) in [4.78, 5) is 16.4. The average molecular weight is 541 g/mol. The number of halogens is 1. The first-order chi connectivity index (χ1) is 18.6. The normalized spacial score (nSPS) is 13.0. The number of hydrogen-bond donors (Lipinski definition) is 1. The molecule has 0 spiro atoms. The van der Waals surface area contributed by atoms with Crippen LogP contribution in [0.4, 0.5) is 10.1 Å². The van der Waals surface area contributed by atoms with E-state index in [2.05, 4.69) is 30.3 Å². The zero-order valence-corrected chi connectivity index (χ0v) is 24.1. The smallest absolute Gasteiger partial charge is 0.255 e. The van der Waals surface area contributed by atoms with E-state index in [1.54, 1.807) is 23.9 Å². The minimum Gasteiger partial charge on any atom is -0.491 e. The molecule has 0 radical (unpaired) electrons. The van der Waals surface area contributed by atoms with E-state index < -0.39 is 5.82 Å². The van der Waals surface area contributed by atoms with Crippen LogP contribution in [0.2, 0.25) is 0 Å². The fraction of sp³-hybridized carbons (Fsp3) is 0.531. The number of allylic oxidation sites excluding steroid dienone is 1. The average Bonchev–Trinajstić information content (AvgIpc) is 3.33. The summed E-state index contributed by atoms with van der Waals surface area (Å²) in [7, 11) is 0. The molecule has 1 amide bonds. The van der Waals surface area contributed by atoms with Crippen molar-refractivity contribution in [2.75, 3.05) is 17.8 Å². The second kappa shape index (κ2) is 17.2. The monoisotopic (exact) mass is 540 g/mol. The number of rotatable bonds is 18. The molecule has 208 valence electrons. The van der Waals surface area contributed by atoms with Crippen LogP contribution in [0.25, 0.3) is 0 Å². The predicted molar refractivity (Wildman–Crippen MR) is 159 cm³/mol. The summed E-state index contributed by atoms with van der Waals surface area (Å²) in [6, 6.07) is 12.2. The number of benzene rings is 2. The van der Waals surface area contributed by atoms with Crippen LogP contribution < -0.4 is 10.1 Å². The van der Waals surface area contributed by atoms with E-state index in [1.807, 2.05) is 24.3 Å². The minimum atomic E-state index is -0.500. The maximum Gasteiger partial charge on any atom is 0.255 e. The molecule has 0 bridgehead atoms. The van der Waals surface area contributed by atoms with E-state index in [4.69, 9.17) is 4.74 Å². The van der Waals surface area contributed by atoms with Gasteiger partial charge in [0.25, 0.3) is 5.91 Å². The number of ether oxygens (including phenoxy) is 1. The molecular formula is C32H45FN2O2S. The molecule has 1 aliphatic rings. The number of carbonyl (C=O) groups excluding carboxylic acids is 1. The first-order valence-electron chi connectivity index (χ1n) is 14.4. The first kappa shape index (κ1) is 30.1. The van der Waals surface area contributed by atoms with Crippen molar-refractivity contribution < 1.29 is 13.9 Å².